The summed E-state index contributed by atoms with van der Waals surface area (Å²) in [6.07, 6.45) is 3.66. The first-order chi connectivity index (χ1) is 14.9. The van der Waals surface area contributed by atoms with Gasteiger partial charge in [0.2, 0.25) is 11.7 Å². The average Bonchev–Trinajstić information content (AvgIpc) is 3.14. The molecular formula is C24H26BrN3O3. The Morgan fingerprint density at radius 3 is 2.32 bits per heavy atom. The van der Waals surface area contributed by atoms with Crippen molar-refractivity contribution in [2.75, 3.05) is 24.7 Å². The van der Waals surface area contributed by atoms with Crippen molar-refractivity contribution in [2.24, 2.45) is 5.92 Å². The normalized spacial score (nSPS) is 18.8. The SMILES string of the molecule is CN(C)C1CCC(C(=O)Nc2c(C(=O)Nc3ccc(Br)cc3)oc3ccccc23)CC1. The number of furan rings is 1. The Hall–Kier alpha value is -2.64. The van der Waals surface area contributed by atoms with Gasteiger partial charge in [-0.2, -0.15) is 0 Å². The zero-order chi connectivity index (χ0) is 22.0. The second-order valence-electron chi connectivity index (χ2n) is 8.22. The molecule has 0 spiro atoms. The summed E-state index contributed by atoms with van der Waals surface area (Å²) in [5.74, 6) is -0.404. The molecule has 6 nitrogen and oxygen atoms in total. The Balaban J connectivity index is 1.56. The maximum atomic E-state index is 13.1. The molecule has 1 heterocycles. The van der Waals surface area contributed by atoms with Crippen molar-refractivity contribution in [3.8, 4) is 0 Å². The maximum absolute atomic E-state index is 13.1. The van der Waals surface area contributed by atoms with Gasteiger partial charge < -0.3 is 20.0 Å². The second-order valence-corrected chi connectivity index (χ2v) is 9.14. The van der Waals surface area contributed by atoms with Crippen LogP contribution in [0.1, 0.15) is 36.2 Å². The Kier molecular flexibility index (Phi) is 6.43. The van der Waals surface area contributed by atoms with Gasteiger partial charge in [-0.05, 0) is 76.2 Å². The highest BCUT2D eigenvalue weighted by Crippen LogP contribution is 2.34. The van der Waals surface area contributed by atoms with Crippen LogP contribution in [-0.2, 0) is 4.79 Å². The molecule has 0 bridgehead atoms. The highest BCUT2D eigenvalue weighted by Gasteiger charge is 2.29. The van der Waals surface area contributed by atoms with E-state index in [-0.39, 0.29) is 17.6 Å². The molecule has 31 heavy (non-hydrogen) atoms. The van der Waals surface area contributed by atoms with E-state index in [0.717, 1.165) is 35.5 Å². The first-order valence-corrected chi connectivity index (χ1v) is 11.3. The molecule has 7 heteroatoms. The fourth-order valence-electron chi connectivity index (χ4n) is 4.13. The molecular weight excluding hydrogens is 458 g/mol. The van der Waals surface area contributed by atoms with Gasteiger partial charge in [-0.1, -0.05) is 28.1 Å². The summed E-state index contributed by atoms with van der Waals surface area (Å²) in [7, 11) is 4.16. The van der Waals surface area contributed by atoms with E-state index in [0.29, 0.717) is 23.0 Å². The fourth-order valence-corrected chi connectivity index (χ4v) is 4.39. The number of halogens is 1. The predicted octanol–water partition coefficient (Wildman–Crippen LogP) is 5.51. The Morgan fingerprint density at radius 2 is 1.65 bits per heavy atom. The van der Waals surface area contributed by atoms with Gasteiger partial charge in [0.25, 0.3) is 5.91 Å². The molecule has 0 aliphatic heterocycles. The Bertz CT molecular complexity index is 1080. The standard InChI is InChI=1S/C24H26BrN3O3/c1-28(2)18-13-7-15(8-14-18)23(29)27-21-19-5-3-4-6-20(19)31-22(21)24(30)26-17-11-9-16(25)10-12-17/h3-6,9-12,15,18H,7-8,13-14H2,1-2H3,(H,26,30)(H,27,29). The maximum Gasteiger partial charge on any atom is 0.293 e. The molecule has 2 N–H and O–H groups in total. The summed E-state index contributed by atoms with van der Waals surface area (Å²) < 4.78 is 6.77. The number of hydrogen-bond acceptors (Lipinski definition) is 4. The van der Waals surface area contributed by atoms with Gasteiger partial charge in [-0.15, -0.1) is 0 Å². The summed E-state index contributed by atoms with van der Waals surface area (Å²) in [4.78, 5) is 28.3. The third kappa shape index (κ3) is 4.83. The lowest BCUT2D eigenvalue weighted by Gasteiger charge is -2.31. The van der Waals surface area contributed by atoms with Crippen molar-refractivity contribution in [3.05, 3.63) is 58.8 Å². The first kappa shape index (κ1) is 21.6. The average molecular weight is 484 g/mol. The van der Waals surface area contributed by atoms with Crippen molar-refractivity contribution in [3.63, 3.8) is 0 Å². The van der Waals surface area contributed by atoms with Crippen LogP contribution in [0.3, 0.4) is 0 Å². The van der Waals surface area contributed by atoms with Crippen LogP contribution in [0.15, 0.2) is 57.4 Å². The lowest BCUT2D eigenvalue weighted by atomic mass is 9.85. The summed E-state index contributed by atoms with van der Waals surface area (Å²) in [6, 6.07) is 15.2. The number of benzene rings is 2. The highest BCUT2D eigenvalue weighted by atomic mass is 79.9. The number of carbonyl (C=O) groups is 2. The van der Waals surface area contributed by atoms with Crippen LogP contribution >= 0.6 is 15.9 Å². The second kappa shape index (κ2) is 9.24. The van der Waals surface area contributed by atoms with Crippen molar-refractivity contribution in [2.45, 2.75) is 31.7 Å². The highest BCUT2D eigenvalue weighted by molar-refractivity contribution is 9.10. The Labute approximate surface area is 190 Å². The minimum atomic E-state index is -0.398. The summed E-state index contributed by atoms with van der Waals surface area (Å²) in [5, 5.41) is 6.58. The number of carbonyl (C=O) groups excluding carboxylic acids is 2. The van der Waals surface area contributed by atoms with E-state index in [1.807, 2.05) is 30.3 Å². The van der Waals surface area contributed by atoms with Gasteiger partial charge in [0.15, 0.2) is 0 Å². The number of rotatable bonds is 5. The summed E-state index contributed by atoms with van der Waals surface area (Å²) >= 11 is 3.39. The molecule has 162 valence electrons. The molecule has 2 aromatic carbocycles. The molecule has 4 rings (SSSR count). The molecule has 0 atom stereocenters. The quantitative estimate of drug-likeness (QED) is 0.501. The molecule has 0 radical (unpaired) electrons. The molecule has 1 aliphatic rings. The lowest BCUT2D eigenvalue weighted by Crippen LogP contribution is -2.35. The van der Waals surface area contributed by atoms with Crippen LogP contribution in [0.2, 0.25) is 0 Å². The number of nitrogens with zero attached hydrogens (tertiary/aromatic N) is 1. The van der Waals surface area contributed by atoms with Crippen molar-refractivity contribution in [1.29, 1.82) is 0 Å². The number of para-hydroxylation sites is 1. The lowest BCUT2D eigenvalue weighted by molar-refractivity contribution is -0.121. The number of nitrogens with one attached hydrogen (secondary N) is 2. The molecule has 3 aromatic rings. The molecule has 1 aliphatic carbocycles. The van der Waals surface area contributed by atoms with Gasteiger partial charge in [0.1, 0.15) is 11.3 Å². The fraction of sp³-hybridized carbons (Fsp3) is 0.333. The minimum Gasteiger partial charge on any atom is -0.449 e. The Morgan fingerprint density at radius 1 is 0.968 bits per heavy atom. The monoisotopic (exact) mass is 483 g/mol. The van der Waals surface area contributed by atoms with Crippen molar-refractivity contribution in [1.82, 2.24) is 4.90 Å². The van der Waals surface area contributed by atoms with E-state index < -0.39 is 5.91 Å². The third-order valence-electron chi connectivity index (χ3n) is 5.95. The van der Waals surface area contributed by atoms with Gasteiger partial charge in [0.05, 0.1) is 0 Å². The zero-order valence-electron chi connectivity index (χ0n) is 17.7. The summed E-state index contributed by atoms with van der Waals surface area (Å²) in [5.41, 5.74) is 1.65. The summed E-state index contributed by atoms with van der Waals surface area (Å²) in [6.45, 7) is 0. The van der Waals surface area contributed by atoms with Crippen LogP contribution in [0, 0.1) is 5.92 Å². The number of hydrogen-bond donors (Lipinski definition) is 2. The smallest absolute Gasteiger partial charge is 0.293 e. The number of anilines is 2. The van der Waals surface area contributed by atoms with Gasteiger partial charge >= 0.3 is 0 Å². The van der Waals surface area contributed by atoms with Crippen LogP contribution in [-0.4, -0.2) is 36.9 Å². The van der Waals surface area contributed by atoms with Crippen molar-refractivity contribution >= 4 is 50.1 Å². The molecule has 1 saturated carbocycles. The van der Waals surface area contributed by atoms with Gasteiger partial charge in [-0.3, -0.25) is 9.59 Å². The topological polar surface area (TPSA) is 74.6 Å². The molecule has 0 saturated heterocycles. The largest absolute Gasteiger partial charge is 0.449 e. The van der Waals surface area contributed by atoms with E-state index in [1.165, 1.54) is 0 Å². The first-order valence-electron chi connectivity index (χ1n) is 10.5. The van der Waals surface area contributed by atoms with E-state index >= 15 is 0 Å². The van der Waals surface area contributed by atoms with Crippen LogP contribution in [0.4, 0.5) is 11.4 Å². The van der Waals surface area contributed by atoms with E-state index in [1.54, 1.807) is 18.2 Å². The van der Waals surface area contributed by atoms with Gasteiger partial charge in [-0.25, -0.2) is 0 Å². The molecule has 2 amide bonds. The van der Waals surface area contributed by atoms with Crippen molar-refractivity contribution < 1.29 is 14.0 Å². The number of amides is 2. The van der Waals surface area contributed by atoms with Crippen LogP contribution < -0.4 is 10.6 Å². The van der Waals surface area contributed by atoms with Crippen LogP contribution in [0.25, 0.3) is 11.0 Å². The van der Waals surface area contributed by atoms with Gasteiger partial charge in [0, 0.05) is 27.5 Å². The van der Waals surface area contributed by atoms with E-state index in [9.17, 15) is 9.59 Å². The van der Waals surface area contributed by atoms with E-state index in [2.05, 4.69) is 45.6 Å². The van der Waals surface area contributed by atoms with Crippen LogP contribution in [0.5, 0.6) is 0 Å². The number of fused-ring (bicyclic) bond motifs is 1. The minimum absolute atomic E-state index is 0.0542. The molecule has 0 unspecified atom stereocenters. The molecule has 1 aromatic heterocycles. The predicted molar refractivity (Wildman–Crippen MR) is 126 cm³/mol. The van der Waals surface area contributed by atoms with E-state index in [4.69, 9.17) is 4.42 Å². The zero-order valence-corrected chi connectivity index (χ0v) is 19.2. The third-order valence-corrected chi connectivity index (χ3v) is 6.48. The molecule has 1 fully saturated rings.